The van der Waals surface area contributed by atoms with E-state index in [0.29, 0.717) is 24.1 Å². The molecule has 2 aliphatic rings. The number of aromatic nitrogens is 3. The number of fused-ring (bicyclic) bond motifs is 3. The van der Waals surface area contributed by atoms with Gasteiger partial charge in [-0.3, -0.25) is 19.9 Å². The molecular weight excluding hydrogens is 490 g/mol. The lowest BCUT2D eigenvalue weighted by molar-refractivity contribution is -0.137. The van der Waals surface area contributed by atoms with Crippen molar-refractivity contribution in [2.75, 3.05) is 18.8 Å². The van der Waals surface area contributed by atoms with Crippen LogP contribution in [0, 0.1) is 17.2 Å². The first kappa shape index (κ1) is 26.8. The molecule has 0 spiro atoms. The standard InChI is InChI=1S/C30H39N7O2/c1-2-3-10-24-35-27-28(22-8-4-5-9-23(22)34-30(27)32)36(24)18-7-6-17-33-29(31)21-13-11-20(12-14-21)19-37-25(38)15-16-26(37)39/h4-5,8-9,15-16,20-21H,2-3,6-7,10-14,17-19H2,1H3,(H2,31,33)(H2,32,34)/t20-,21-. The van der Waals surface area contributed by atoms with E-state index in [1.54, 1.807) is 0 Å². The summed E-state index contributed by atoms with van der Waals surface area (Å²) < 4.78 is 2.34. The Bertz CT molecular complexity index is 1380. The van der Waals surface area contributed by atoms with E-state index in [4.69, 9.17) is 16.1 Å². The quantitative estimate of drug-likeness (QED) is 0.144. The molecule has 9 nitrogen and oxygen atoms in total. The van der Waals surface area contributed by atoms with Crippen molar-refractivity contribution in [1.29, 1.82) is 5.41 Å². The van der Waals surface area contributed by atoms with Crippen LogP contribution in [0.5, 0.6) is 0 Å². The van der Waals surface area contributed by atoms with Gasteiger partial charge in [-0.2, -0.15) is 0 Å². The van der Waals surface area contributed by atoms with Gasteiger partial charge in [0.15, 0.2) is 5.82 Å². The monoisotopic (exact) mass is 529 g/mol. The highest BCUT2D eigenvalue weighted by atomic mass is 16.2. The van der Waals surface area contributed by atoms with Crippen molar-refractivity contribution in [2.45, 2.75) is 71.3 Å². The minimum atomic E-state index is -0.203. The number of hydrogen-bond acceptors (Lipinski definition) is 6. The van der Waals surface area contributed by atoms with Crippen LogP contribution < -0.4 is 11.1 Å². The molecule has 0 unspecified atom stereocenters. The molecule has 1 saturated carbocycles. The van der Waals surface area contributed by atoms with Crippen LogP contribution in [0.3, 0.4) is 0 Å². The van der Waals surface area contributed by atoms with Gasteiger partial charge in [-0.1, -0.05) is 31.5 Å². The van der Waals surface area contributed by atoms with Crippen molar-refractivity contribution in [2.24, 2.45) is 11.8 Å². The Morgan fingerprint density at radius 1 is 1.05 bits per heavy atom. The van der Waals surface area contributed by atoms with Crippen molar-refractivity contribution in [3.05, 3.63) is 42.2 Å². The number of carbonyl (C=O) groups is 2. The highest BCUT2D eigenvalue weighted by Gasteiger charge is 2.30. The van der Waals surface area contributed by atoms with Crippen LogP contribution in [0.25, 0.3) is 21.9 Å². The summed E-state index contributed by atoms with van der Waals surface area (Å²) >= 11 is 0. The minimum absolute atomic E-state index is 0.203. The first-order valence-corrected chi connectivity index (χ1v) is 14.4. The number of benzene rings is 1. The van der Waals surface area contributed by atoms with E-state index >= 15 is 0 Å². The fourth-order valence-corrected chi connectivity index (χ4v) is 5.94. The normalized spacial score (nSPS) is 19.5. The molecule has 5 rings (SSSR count). The molecule has 1 aromatic carbocycles. The summed E-state index contributed by atoms with van der Waals surface area (Å²) in [6.07, 6.45) is 11.4. The van der Waals surface area contributed by atoms with Gasteiger partial charge in [-0.15, -0.1) is 0 Å². The Labute approximate surface area is 229 Å². The smallest absolute Gasteiger partial charge is 0.253 e. The van der Waals surface area contributed by atoms with Gasteiger partial charge in [0.05, 0.1) is 16.9 Å². The zero-order valence-corrected chi connectivity index (χ0v) is 22.8. The molecule has 1 fully saturated rings. The highest BCUT2D eigenvalue weighted by molar-refractivity contribution is 6.12. The molecule has 0 atom stereocenters. The average molecular weight is 530 g/mol. The number of nitrogen functional groups attached to an aromatic ring is 1. The number of imidazole rings is 1. The van der Waals surface area contributed by atoms with Crippen LogP contribution in [-0.2, 0) is 22.6 Å². The summed E-state index contributed by atoms with van der Waals surface area (Å²) in [7, 11) is 0. The number of rotatable bonds is 11. The number of imide groups is 1. The lowest BCUT2D eigenvalue weighted by Crippen LogP contribution is -2.38. The number of aryl methyl sites for hydroxylation is 2. The second-order valence-corrected chi connectivity index (χ2v) is 10.9. The van der Waals surface area contributed by atoms with Gasteiger partial charge >= 0.3 is 0 Å². The summed E-state index contributed by atoms with van der Waals surface area (Å²) in [6, 6.07) is 8.12. The summed E-state index contributed by atoms with van der Waals surface area (Å²) in [5, 5.41) is 13.0. The second-order valence-electron chi connectivity index (χ2n) is 10.9. The van der Waals surface area contributed by atoms with Crippen LogP contribution in [0.4, 0.5) is 5.82 Å². The number of para-hydroxylation sites is 1. The SMILES string of the molecule is CCCCc1nc2c(N)nc3ccccc3c2n1CCCCNC(=N)[C@H]1CC[C@H](CN2C(=O)C=CC2=O)CC1. The van der Waals surface area contributed by atoms with Crippen molar-refractivity contribution >= 4 is 45.4 Å². The van der Waals surface area contributed by atoms with Crippen molar-refractivity contribution in [3.63, 3.8) is 0 Å². The summed E-state index contributed by atoms with van der Waals surface area (Å²) in [5.74, 6) is 2.32. The van der Waals surface area contributed by atoms with Crippen LogP contribution in [0.1, 0.15) is 64.1 Å². The number of nitrogens with two attached hydrogens (primary N) is 1. The van der Waals surface area contributed by atoms with E-state index in [0.717, 1.165) is 98.6 Å². The maximum Gasteiger partial charge on any atom is 0.253 e. The Morgan fingerprint density at radius 2 is 1.79 bits per heavy atom. The number of anilines is 1. The van der Waals surface area contributed by atoms with Gasteiger partial charge < -0.3 is 15.6 Å². The van der Waals surface area contributed by atoms with Crippen molar-refractivity contribution in [3.8, 4) is 0 Å². The number of unbranched alkanes of at least 4 members (excludes halogenated alkanes) is 2. The van der Waals surface area contributed by atoms with Gasteiger partial charge in [-0.25, -0.2) is 9.97 Å². The molecule has 39 heavy (non-hydrogen) atoms. The predicted molar refractivity (Wildman–Crippen MR) is 154 cm³/mol. The molecule has 1 aliphatic carbocycles. The molecule has 3 heterocycles. The van der Waals surface area contributed by atoms with Gasteiger partial charge in [0.2, 0.25) is 0 Å². The van der Waals surface area contributed by atoms with Gasteiger partial charge in [0.25, 0.3) is 11.8 Å². The summed E-state index contributed by atoms with van der Waals surface area (Å²) in [6.45, 7) is 4.31. The largest absolute Gasteiger partial charge is 0.382 e. The maximum atomic E-state index is 11.8. The third-order valence-electron chi connectivity index (χ3n) is 8.16. The first-order valence-electron chi connectivity index (χ1n) is 14.4. The van der Waals surface area contributed by atoms with Crippen LogP contribution in [0.2, 0.25) is 0 Å². The maximum absolute atomic E-state index is 11.8. The molecule has 206 valence electrons. The second kappa shape index (κ2) is 12.0. The Balaban J connectivity index is 1.13. The van der Waals surface area contributed by atoms with E-state index in [-0.39, 0.29) is 17.7 Å². The van der Waals surface area contributed by atoms with E-state index in [2.05, 4.69) is 27.9 Å². The third kappa shape index (κ3) is 5.82. The number of carbonyl (C=O) groups excluding carboxylic acids is 2. The lowest BCUT2D eigenvalue weighted by Gasteiger charge is -2.31. The number of nitrogens with zero attached hydrogens (tertiary/aromatic N) is 4. The Morgan fingerprint density at radius 3 is 2.54 bits per heavy atom. The molecule has 4 N–H and O–H groups in total. The van der Waals surface area contributed by atoms with Gasteiger partial charge in [0, 0.05) is 49.5 Å². The lowest BCUT2D eigenvalue weighted by atomic mass is 9.81. The van der Waals surface area contributed by atoms with Crippen molar-refractivity contribution in [1.82, 2.24) is 24.8 Å². The van der Waals surface area contributed by atoms with E-state index in [9.17, 15) is 9.59 Å². The minimum Gasteiger partial charge on any atom is -0.382 e. The topological polar surface area (TPSA) is 130 Å². The third-order valence-corrected chi connectivity index (χ3v) is 8.16. The first-order chi connectivity index (χ1) is 19.0. The van der Waals surface area contributed by atoms with Crippen molar-refractivity contribution < 1.29 is 9.59 Å². The van der Waals surface area contributed by atoms with E-state index < -0.39 is 0 Å². The summed E-state index contributed by atoms with van der Waals surface area (Å²) in [4.78, 5) is 34.5. The molecule has 2 amide bonds. The molecule has 1 aliphatic heterocycles. The molecule has 0 bridgehead atoms. The molecule has 9 heteroatoms. The van der Waals surface area contributed by atoms with Crippen LogP contribution >= 0.6 is 0 Å². The average Bonchev–Trinajstić information content (AvgIpc) is 3.47. The number of nitrogens with one attached hydrogen (secondary N) is 2. The molecule has 3 aromatic rings. The highest BCUT2D eigenvalue weighted by Crippen LogP contribution is 2.31. The Hall–Kier alpha value is -3.75. The number of amides is 2. The fraction of sp³-hybridized carbons (Fsp3) is 0.500. The van der Waals surface area contributed by atoms with E-state index in [1.165, 1.54) is 17.1 Å². The van der Waals surface area contributed by atoms with Crippen LogP contribution in [0.15, 0.2) is 36.4 Å². The van der Waals surface area contributed by atoms with E-state index in [1.807, 2.05) is 18.2 Å². The molecule has 0 radical (unpaired) electrons. The van der Waals surface area contributed by atoms with Gasteiger partial charge in [0.1, 0.15) is 11.3 Å². The molecule has 2 aromatic heterocycles. The predicted octanol–water partition coefficient (Wildman–Crippen LogP) is 4.59. The number of amidine groups is 1. The zero-order chi connectivity index (χ0) is 27.4. The fourth-order valence-electron chi connectivity index (χ4n) is 5.94. The molecule has 0 saturated heterocycles. The molecular formula is C30H39N7O2. The number of pyridine rings is 1. The van der Waals surface area contributed by atoms with Crippen LogP contribution in [-0.4, -0.2) is 50.2 Å². The summed E-state index contributed by atoms with van der Waals surface area (Å²) in [5.41, 5.74) is 9.09. The number of hydrogen-bond donors (Lipinski definition) is 3. The van der Waals surface area contributed by atoms with Gasteiger partial charge in [-0.05, 0) is 56.9 Å². The Kier molecular flexibility index (Phi) is 8.24. The zero-order valence-electron chi connectivity index (χ0n) is 22.8.